The van der Waals surface area contributed by atoms with E-state index in [0.29, 0.717) is 12.3 Å². The molecule has 0 radical (unpaired) electrons. The Bertz CT molecular complexity index is 780. The molecule has 6 nitrogen and oxygen atoms in total. The number of ether oxygens (including phenoxy) is 3. The Morgan fingerprint density at radius 1 is 0.968 bits per heavy atom. The van der Waals surface area contributed by atoms with Crippen molar-refractivity contribution in [2.45, 2.75) is 31.9 Å². The monoisotopic (exact) mass is 428 g/mol. The van der Waals surface area contributed by atoms with Crippen molar-refractivity contribution >= 4 is 0 Å². The highest BCUT2D eigenvalue weighted by Crippen LogP contribution is 2.19. The third kappa shape index (κ3) is 8.40. The fourth-order valence-corrected chi connectivity index (χ4v) is 3.88. The zero-order valence-electron chi connectivity index (χ0n) is 18.8. The van der Waals surface area contributed by atoms with Gasteiger partial charge >= 0.3 is 0 Å². The van der Waals surface area contributed by atoms with Crippen molar-refractivity contribution in [1.29, 1.82) is 0 Å². The van der Waals surface area contributed by atoms with Crippen LogP contribution in [0.5, 0.6) is 17.2 Å². The first-order valence-electron chi connectivity index (χ1n) is 11.2. The summed E-state index contributed by atoms with van der Waals surface area (Å²) in [5.74, 6) is 2.34. The van der Waals surface area contributed by atoms with Gasteiger partial charge in [0, 0.05) is 25.7 Å². The number of methoxy groups -OCH3 is 1. The van der Waals surface area contributed by atoms with E-state index in [9.17, 15) is 5.11 Å². The molecule has 2 aromatic rings. The third-order valence-corrected chi connectivity index (χ3v) is 5.48. The van der Waals surface area contributed by atoms with Crippen molar-refractivity contribution in [3.05, 3.63) is 54.1 Å². The Balaban J connectivity index is 1.38. The zero-order valence-corrected chi connectivity index (χ0v) is 18.8. The first-order chi connectivity index (χ1) is 15.1. The van der Waals surface area contributed by atoms with Gasteiger partial charge in [0.2, 0.25) is 0 Å². The fraction of sp³-hybridized carbons (Fsp3) is 0.520. The maximum Gasteiger partial charge on any atom is 0.123 e. The summed E-state index contributed by atoms with van der Waals surface area (Å²) in [5.41, 5.74) is 1.17. The van der Waals surface area contributed by atoms with E-state index in [4.69, 9.17) is 14.2 Å². The van der Waals surface area contributed by atoms with Gasteiger partial charge in [-0.15, -0.1) is 0 Å². The second-order valence-corrected chi connectivity index (χ2v) is 8.24. The second kappa shape index (κ2) is 12.5. The summed E-state index contributed by atoms with van der Waals surface area (Å²) in [7, 11) is 3.62. The molecule has 1 fully saturated rings. The molecule has 0 unspecified atom stereocenters. The number of aliphatic hydroxyl groups is 1. The standard InChI is InChI=1S/C25H36N2O4/c1-26(19-22(28)20-31-25-11-7-9-23(17-25)29-2)18-21-8-6-10-24(16-21)30-15-14-27-12-4-3-5-13-27/h6-11,16-17,22,28H,3-5,12-15,18-20H2,1-2H3/t22-/m0/s1. The van der Waals surface area contributed by atoms with E-state index in [1.165, 1.54) is 37.9 Å². The van der Waals surface area contributed by atoms with Crippen LogP contribution >= 0.6 is 0 Å². The van der Waals surface area contributed by atoms with Gasteiger partial charge in [0.1, 0.15) is 36.6 Å². The molecule has 1 N–H and O–H groups in total. The van der Waals surface area contributed by atoms with E-state index in [1.54, 1.807) is 7.11 Å². The summed E-state index contributed by atoms with van der Waals surface area (Å²) in [6.45, 7) is 5.58. The number of rotatable bonds is 12. The average Bonchev–Trinajstić information content (AvgIpc) is 2.79. The highest BCUT2D eigenvalue weighted by Gasteiger charge is 2.12. The maximum atomic E-state index is 10.4. The Labute approximate surface area is 186 Å². The van der Waals surface area contributed by atoms with E-state index in [1.807, 2.05) is 43.4 Å². The van der Waals surface area contributed by atoms with Crippen LogP contribution in [0, 0.1) is 0 Å². The molecule has 3 rings (SSSR count). The Hall–Kier alpha value is -2.28. The van der Waals surface area contributed by atoms with Crippen molar-refractivity contribution in [2.75, 3.05) is 53.6 Å². The van der Waals surface area contributed by atoms with Gasteiger partial charge in [0.05, 0.1) is 7.11 Å². The van der Waals surface area contributed by atoms with Crippen LogP contribution in [0.15, 0.2) is 48.5 Å². The normalized spacial score (nSPS) is 15.6. The molecule has 2 aromatic carbocycles. The van der Waals surface area contributed by atoms with Crippen molar-refractivity contribution in [1.82, 2.24) is 9.80 Å². The van der Waals surface area contributed by atoms with Crippen LogP contribution in [0.4, 0.5) is 0 Å². The van der Waals surface area contributed by atoms with Crippen molar-refractivity contribution in [3.8, 4) is 17.2 Å². The van der Waals surface area contributed by atoms with Crippen molar-refractivity contribution < 1.29 is 19.3 Å². The summed E-state index contributed by atoms with van der Waals surface area (Å²) in [6, 6.07) is 15.6. The van der Waals surface area contributed by atoms with E-state index in [0.717, 1.165) is 31.2 Å². The quantitative estimate of drug-likeness (QED) is 0.559. The van der Waals surface area contributed by atoms with Crippen LogP contribution < -0.4 is 14.2 Å². The molecule has 1 aliphatic heterocycles. The minimum absolute atomic E-state index is 0.233. The van der Waals surface area contributed by atoms with Crippen LogP contribution in [-0.4, -0.2) is 74.6 Å². The summed E-state index contributed by atoms with van der Waals surface area (Å²) >= 11 is 0. The first kappa shape index (κ1) is 23.4. The Kier molecular flexibility index (Phi) is 9.46. The van der Waals surface area contributed by atoms with E-state index >= 15 is 0 Å². The molecular formula is C25H36N2O4. The van der Waals surface area contributed by atoms with E-state index in [2.05, 4.69) is 21.9 Å². The number of hydrogen-bond donors (Lipinski definition) is 1. The lowest BCUT2D eigenvalue weighted by Gasteiger charge is -2.26. The molecule has 1 saturated heterocycles. The molecule has 1 atom stereocenters. The average molecular weight is 429 g/mol. The molecule has 6 heteroatoms. The van der Waals surface area contributed by atoms with Gasteiger partial charge in [-0.05, 0) is 62.8 Å². The van der Waals surface area contributed by atoms with Gasteiger partial charge in [-0.1, -0.05) is 24.6 Å². The highest BCUT2D eigenvalue weighted by molar-refractivity contribution is 5.32. The van der Waals surface area contributed by atoms with Gasteiger partial charge in [-0.25, -0.2) is 0 Å². The molecule has 0 amide bonds. The minimum Gasteiger partial charge on any atom is -0.497 e. The van der Waals surface area contributed by atoms with Gasteiger partial charge < -0.3 is 19.3 Å². The van der Waals surface area contributed by atoms with Crippen molar-refractivity contribution in [2.24, 2.45) is 0 Å². The molecule has 0 aliphatic carbocycles. The second-order valence-electron chi connectivity index (χ2n) is 8.24. The maximum absolute atomic E-state index is 10.4. The van der Waals surface area contributed by atoms with Gasteiger partial charge in [0.15, 0.2) is 0 Å². The zero-order chi connectivity index (χ0) is 21.9. The smallest absolute Gasteiger partial charge is 0.123 e. The van der Waals surface area contributed by atoms with Crippen molar-refractivity contribution in [3.63, 3.8) is 0 Å². The predicted molar refractivity (Wildman–Crippen MR) is 123 cm³/mol. The summed E-state index contributed by atoms with van der Waals surface area (Å²) < 4.78 is 16.9. The lowest BCUT2D eigenvalue weighted by atomic mass is 10.1. The summed E-state index contributed by atoms with van der Waals surface area (Å²) in [6.07, 6.45) is 3.38. The number of benzene rings is 2. The molecule has 170 valence electrons. The largest absolute Gasteiger partial charge is 0.497 e. The molecule has 0 spiro atoms. The van der Waals surface area contributed by atoms with Crippen LogP contribution in [0.2, 0.25) is 0 Å². The lowest BCUT2D eigenvalue weighted by Crippen LogP contribution is -2.33. The Morgan fingerprint density at radius 3 is 2.45 bits per heavy atom. The SMILES string of the molecule is COc1cccc(OC[C@@H](O)CN(C)Cc2cccc(OCCN3CCCCC3)c2)c1. The van der Waals surface area contributed by atoms with Crippen LogP contribution in [0.25, 0.3) is 0 Å². The first-order valence-corrected chi connectivity index (χ1v) is 11.2. The molecule has 31 heavy (non-hydrogen) atoms. The number of hydrogen-bond acceptors (Lipinski definition) is 6. The van der Waals surface area contributed by atoms with Crippen LogP contribution in [-0.2, 0) is 6.54 Å². The third-order valence-electron chi connectivity index (χ3n) is 5.48. The number of piperidine rings is 1. The van der Waals surface area contributed by atoms with E-state index < -0.39 is 6.10 Å². The van der Waals surface area contributed by atoms with Crippen LogP contribution in [0.1, 0.15) is 24.8 Å². The van der Waals surface area contributed by atoms with Crippen LogP contribution in [0.3, 0.4) is 0 Å². The number of likely N-dealkylation sites (tertiary alicyclic amines) is 1. The molecule has 0 aromatic heterocycles. The number of aliphatic hydroxyl groups excluding tert-OH is 1. The molecule has 0 bridgehead atoms. The van der Waals surface area contributed by atoms with Gasteiger partial charge in [-0.2, -0.15) is 0 Å². The fourth-order valence-electron chi connectivity index (χ4n) is 3.88. The molecule has 0 saturated carbocycles. The summed E-state index contributed by atoms with van der Waals surface area (Å²) in [4.78, 5) is 4.57. The highest BCUT2D eigenvalue weighted by atomic mass is 16.5. The predicted octanol–water partition coefficient (Wildman–Crippen LogP) is 3.43. The number of likely N-dealkylation sites (N-methyl/N-ethyl adjacent to an activating group) is 1. The van der Waals surface area contributed by atoms with Gasteiger partial charge in [-0.3, -0.25) is 9.80 Å². The minimum atomic E-state index is -0.583. The Morgan fingerprint density at radius 2 is 1.68 bits per heavy atom. The summed E-state index contributed by atoms with van der Waals surface area (Å²) in [5, 5.41) is 10.4. The van der Waals surface area contributed by atoms with Gasteiger partial charge in [0.25, 0.3) is 0 Å². The number of nitrogens with zero attached hydrogens (tertiary/aromatic N) is 2. The molecular weight excluding hydrogens is 392 g/mol. The molecule has 1 aliphatic rings. The van der Waals surface area contributed by atoms with E-state index in [-0.39, 0.29) is 6.61 Å². The lowest BCUT2D eigenvalue weighted by molar-refractivity contribution is 0.0743. The molecule has 1 heterocycles. The topological polar surface area (TPSA) is 54.4 Å².